The lowest BCUT2D eigenvalue weighted by Crippen LogP contribution is -2.20. The Balaban J connectivity index is 1.52. The van der Waals surface area contributed by atoms with Gasteiger partial charge in [-0.3, -0.25) is 14.9 Å². The van der Waals surface area contributed by atoms with Crippen LogP contribution in [-0.2, 0) is 12.8 Å². The lowest BCUT2D eigenvalue weighted by molar-refractivity contribution is -0.384. The summed E-state index contributed by atoms with van der Waals surface area (Å²) in [5.41, 5.74) is -0.136. The van der Waals surface area contributed by atoms with Crippen LogP contribution in [0.3, 0.4) is 0 Å². The molecule has 5 aromatic rings. The number of nitro benzene ring substituents is 1. The van der Waals surface area contributed by atoms with E-state index in [9.17, 15) is 28.1 Å². The summed E-state index contributed by atoms with van der Waals surface area (Å²) in [5, 5.41) is 15.6. The van der Waals surface area contributed by atoms with E-state index in [1.165, 1.54) is 36.5 Å². The smallest absolute Gasteiger partial charge is 0.416 e. The number of para-hydroxylation sites is 1. The van der Waals surface area contributed by atoms with Crippen molar-refractivity contribution in [2.45, 2.75) is 19.7 Å². The number of non-ortho nitro benzene ring substituents is 1. The fraction of sp³-hybridized carbons (Fsp3) is 0.129. The molecule has 5 rings (SSSR count). The SMILES string of the molecule is CCOc1cc(C=Nn2c(-c3cccc(C(F)(F)F)c3)nc3ccccc3c2=O)cc(Cl)c1OCc1ccc([N+](=O)[O-])cc1. The lowest BCUT2D eigenvalue weighted by atomic mass is 10.1. The molecule has 0 aliphatic rings. The molecule has 224 valence electrons. The summed E-state index contributed by atoms with van der Waals surface area (Å²) in [7, 11) is 0. The molecule has 1 heterocycles. The number of aromatic nitrogens is 2. The maximum atomic E-state index is 13.5. The third-order valence-electron chi connectivity index (χ3n) is 6.39. The first-order chi connectivity index (χ1) is 21.0. The van der Waals surface area contributed by atoms with Crippen molar-refractivity contribution in [2.24, 2.45) is 5.10 Å². The molecule has 0 amide bonds. The topological polar surface area (TPSA) is 109 Å². The second kappa shape index (κ2) is 12.6. The normalized spacial score (nSPS) is 11.7. The molecule has 0 atom stereocenters. The van der Waals surface area contributed by atoms with Gasteiger partial charge < -0.3 is 9.47 Å². The minimum absolute atomic E-state index is 0.0443. The van der Waals surface area contributed by atoms with Gasteiger partial charge in [0.1, 0.15) is 6.61 Å². The van der Waals surface area contributed by atoms with E-state index in [0.717, 1.165) is 16.8 Å². The second-order valence-corrected chi connectivity index (χ2v) is 9.78. The van der Waals surface area contributed by atoms with Crippen molar-refractivity contribution < 1.29 is 27.6 Å². The van der Waals surface area contributed by atoms with E-state index in [4.69, 9.17) is 21.1 Å². The molecule has 0 fully saturated rings. The van der Waals surface area contributed by atoms with Gasteiger partial charge in [-0.1, -0.05) is 35.9 Å². The van der Waals surface area contributed by atoms with Gasteiger partial charge in [-0.25, -0.2) is 4.98 Å². The largest absolute Gasteiger partial charge is 0.490 e. The summed E-state index contributed by atoms with van der Waals surface area (Å²) in [5.74, 6) is 0.402. The molecule has 13 heteroatoms. The van der Waals surface area contributed by atoms with Crippen LogP contribution in [0.1, 0.15) is 23.6 Å². The molecule has 9 nitrogen and oxygen atoms in total. The lowest BCUT2D eigenvalue weighted by Gasteiger charge is -2.15. The first-order valence-electron chi connectivity index (χ1n) is 13.1. The van der Waals surface area contributed by atoms with Crippen molar-refractivity contribution in [2.75, 3.05) is 6.61 Å². The Bertz CT molecular complexity index is 1940. The van der Waals surface area contributed by atoms with Crippen molar-refractivity contribution in [1.82, 2.24) is 9.66 Å². The number of benzene rings is 4. The van der Waals surface area contributed by atoms with Crippen molar-refractivity contribution in [3.63, 3.8) is 0 Å². The molecule has 4 aromatic carbocycles. The van der Waals surface area contributed by atoms with Gasteiger partial charge in [0.05, 0.1) is 39.2 Å². The average molecular weight is 623 g/mol. The number of ether oxygens (including phenoxy) is 2. The fourth-order valence-electron chi connectivity index (χ4n) is 4.31. The third-order valence-corrected chi connectivity index (χ3v) is 6.67. The van der Waals surface area contributed by atoms with E-state index >= 15 is 0 Å². The molecule has 0 spiro atoms. The Morgan fingerprint density at radius 3 is 2.48 bits per heavy atom. The zero-order valence-corrected chi connectivity index (χ0v) is 23.7. The highest BCUT2D eigenvalue weighted by Gasteiger charge is 2.31. The van der Waals surface area contributed by atoms with E-state index in [1.807, 2.05) is 0 Å². The van der Waals surface area contributed by atoms with Crippen LogP contribution in [0.25, 0.3) is 22.3 Å². The summed E-state index contributed by atoms with van der Waals surface area (Å²) < 4.78 is 53.0. The second-order valence-electron chi connectivity index (χ2n) is 9.37. The standard InChI is InChI=1S/C31H22ClF3N4O5/c1-2-43-27-15-20(14-25(32)28(27)44-18-19-10-12-23(13-11-19)39(41)42)17-36-38-29(21-6-5-7-22(16-21)31(33,34)35)37-26-9-4-3-8-24(26)30(38)40/h3-17H,2,18H2,1H3. The summed E-state index contributed by atoms with van der Waals surface area (Å²) in [4.78, 5) is 28.3. The Kier molecular flexibility index (Phi) is 8.63. The number of nitrogens with zero attached hydrogens (tertiary/aromatic N) is 4. The summed E-state index contributed by atoms with van der Waals surface area (Å²) in [6.45, 7) is 2.07. The molecule has 0 N–H and O–H groups in total. The minimum atomic E-state index is -4.60. The van der Waals surface area contributed by atoms with Crippen LogP contribution >= 0.6 is 11.6 Å². The van der Waals surface area contributed by atoms with Crippen molar-refractivity contribution in [3.8, 4) is 22.9 Å². The maximum Gasteiger partial charge on any atom is 0.416 e. The van der Waals surface area contributed by atoms with Crippen LogP contribution < -0.4 is 15.0 Å². The van der Waals surface area contributed by atoms with Gasteiger partial charge in [0.25, 0.3) is 11.2 Å². The zero-order chi connectivity index (χ0) is 31.4. The highest BCUT2D eigenvalue weighted by atomic mass is 35.5. The first kappa shape index (κ1) is 30.2. The van der Waals surface area contributed by atoms with Gasteiger partial charge in [-0.2, -0.15) is 22.9 Å². The Hall–Kier alpha value is -5.23. The van der Waals surface area contributed by atoms with Crippen LogP contribution in [-0.4, -0.2) is 27.4 Å². The van der Waals surface area contributed by atoms with Crippen molar-refractivity contribution in [1.29, 1.82) is 0 Å². The summed E-state index contributed by atoms with van der Waals surface area (Å²) in [6.07, 6.45) is -3.29. The van der Waals surface area contributed by atoms with Gasteiger partial charge in [0.2, 0.25) is 0 Å². The molecule has 0 saturated heterocycles. The number of hydrogen-bond donors (Lipinski definition) is 0. The quantitative estimate of drug-likeness (QED) is 0.0956. The van der Waals surface area contributed by atoms with E-state index in [1.54, 1.807) is 49.4 Å². The maximum absolute atomic E-state index is 13.5. The van der Waals surface area contributed by atoms with E-state index in [2.05, 4.69) is 10.1 Å². The number of hydrogen-bond acceptors (Lipinski definition) is 7. The molecule has 0 aliphatic carbocycles. The van der Waals surface area contributed by atoms with E-state index < -0.39 is 22.2 Å². The van der Waals surface area contributed by atoms with Gasteiger partial charge in [-0.05, 0) is 66.6 Å². The number of nitro groups is 1. The number of fused-ring (bicyclic) bond motifs is 1. The van der Waals surface area contributed by atoms with Crippen LogP contribution in [0.2, 0.25) is 5.02 Å². The molecular weight excluding hydrogens is 601 g/mol. The molecule has 0 aliphatic heterocycles. The molecule has 0 unspecified atom stereocenters. The monoisotopic (exact) mass is 622 g/mol. The molecule has 0 radical (unpaired) electrons. The molecule has 0 bridgehead atoms. The summed E-state index contributed by atoms with van der Waals surface area (Å²) >= 11 is 6.54. The van der Waals surface area contributed by atoms with Crippen LogP contribution in [0.5, 0.6) is 11.5 Å². The fourth-order valence-corrected chi connectivity index (χ4v) is 4.59. The van der Waals surface area contributed by atoms with Crippen molar-refractivity contribution >= 4 is 34.4 Å². The van der Waals surface area contributed by atoms with E-state index in [-0.39, 0.29) is 52.2 Å². The van der Waals surface area contributed by atoms with Crippen LogP contribution in [0.4, 0.5) is 18.9 Å². The molecule has 1 aromatic heterocycles. The van der Waals surface area contributed by atoms with Gasteiger partial charge in [0.15, 0.2) is 17.3 Å². The molecule has 0 saturated carbocycles. The van der Waals surface area contributed by atoms with Crippen LogP contribution in [0, 0.1) is 10.1 Å². The third kappa shape index (κ3) is 6.55. The van der Waals surface area contributed by atoms with Crippen molar-refractivity contribution in [3.05, 3.63) is 127 Å². The average Bonchev–Trinajstić information content (AvgIpc) is 3.00. The van der Waals surface area contributed by atoms with Gasteiger partial charge in [-0.15, -0.1) is 0 Å². The Morgan fingerprint density at radius 1 is 1.02 bits per heavy atom. The van der Waals surface area contributed by atoms with E-state index in [0.29, 0.717) is 16.6 Å². The van der Waals surface area contributed by atoms with Gasteiger partial charge >= 0.3 is 6.18 Å². The van der Waals surface area contributed by atoms with Gasteiger partial charge in [0, 0.05) is 17.7 Å². The highest BCUT2D eigenvalue weighted by molar-refractivity contribution is 6.32. The summed E-state index contributed by atoms with van der Waals surface area (Å²) in [6, 6.07) is 19.9. The predicted octanol–water partition coefficient (Wildman–Crippen LogP) is 7.50. The minimum Gasteiger partial charge on any atom is -0.490 e. The number of alkyl halides is 3. The zero-order valence-electron chi connectivity index (χ0n) is 22.9. The molecular formula is C31H22ClF3N4O5. The Labute approximate surface area is 252 Å². The predicted molar refractivity (Wildman–Crippen MR) is 159 cm³/mol. The van der Waals surface area contributed by atoms with Crippen LogP contribution in [0.15, 0.2) is 94.8 Å². The highest BCUT2D eigenvalue weighted by Crippen LogP contribution is 2.37. The molecule has 44 heavy (non-hydrogen) atoms. The first-order valence-corrected chi connectivity index (χ1v) is 13.5. The Morgan fingerprint density at radius 2 is 1.77 bits per heavy atom. The number of rotatable bonds is 9. The number of halogens is 4.